The predicted octanol–water partition coefficient (Wildman–Crippen LogP) is 5.44. The molecule has 3 amide bonds. The molecule has 5 unspecified atom stereocenters. The van der Waals surface area contributed by atoms with Crippen molar-refractivity contribution in [2.75, 3.05) is 54.3 Å². The Morgan fingerprint density at radius 3 is 2.07 bits per heavy atom. The average Bonchev–Trinajstić information content (AvgIpc) is 1.50. The maximum Gasteiger partial charge on any atom is 0.408 e. The van der Waals surface area contributed by atoms with Gasteiger partial charge >= 0.3 is 24.0 Å². The van der Waals surface area contributed by atoms with Gasteiger partial charge in [-0.2, -0.15) is 0 Å². The number of hydrogen-bond donors (Lipinski definition) is 4. The number of ether oxygens (including phenoxy) is 9. The Morgan fingerprint density at radius 2 is 1.50 bits per heavy atom. The summed E-state index contributed by atoms with van der Waals surface area (Å²) in [5, 5.41) is 22.3. The van der Waals surface area contributed by atoms with Crippen LogP contribution in [-0.2, 0) is 76.2 Å². The third kappa shape index (κ3) is 14.4. The Kier molecular flexibility index (Phi) is 22.0. The first-order valence-corrected chi connectivity index (χ1v) is 28.5. The van der Waals surface area contributed by atoms with Gasteiger partial charge in [0.15, 0.2) is 23.0 Å². The average molecular weight is 1180 g/mol. The molecule has 2 saturated carbocycles. The van der Waals surface area contributed by atoms with Gasteiger partial charge in [0.1, 0.15) is 49.8 Å². The molecule has 1 saturated heterocycles. The lowest BCUT2D eigenvalue weighted by Crippen LogP contribution is -2.80. The van der Waals surface area contributed by atoms with Gasteiger partial charge in [0.2, 0.25) is 17.9 Å². The molecule has 2 bridgehead atoms. The first-order chi connectivity index (χ1) is 39.5. The predicted molar refractivity (Wildman–Crippen MR) is 302 cm³/mol. The molecular weight excluding hydrogens is 1090 g/mol. The second-order valence-corrected chi connectivity index (χ2v) is 24.3. The Balaban J connectivity index is 1.39. The second-order valence-electron chi connectivity index (χ2n) is 24.3. The standard InChI is InChI=1S/C62H85N3O19/c1-35(2)51(71)41(26-20-21-27-63-46(68)31-76-11)64-47(69)32-79-33-48(70)82-53(50(39-24-18-15-19-25-39)65-57(74)84-58(5,6)7)56(73)81-43-30-62(75)40(28-42(67)38-22-16-14-17-23-38)54-60(10,55(72)52(78-13)49(36(43)3)59(62,8)9)44(77-12)29-45-61(54,34-80-45)83-37(4)66/h14-19,22-25,35,40-41,43-45,50,52-54,75H,20-21,26-34H2,1-13H3,(H,63,68)(H,64,69)(H,65,74)/t40?,41?,43-,44-,45?,50-,52+,53?,54?,60+,61-,62+/m0/s1. The molecule has 4 aliphatic rings. The normalized spacial score (nSPS) is 27.2. The molecule has 0 aromatic heterocycles. The van der Waals surface area contributed by atoms with Gasteiger partial charge in [-0.3, -0.25) is 28.8 Å². The molecule has 2 aromatic carbocycles. The summed E-state index contributed by atoms with van der Waals surface area (Å²) in [6.45, 7) is 14.6. The van der Waals surface area contributed by atoms with Crippen molar-refractivity contribution in [3.63, 3.8) is 0 Å². The van der Waals surface area contributed by atoms with Crippen LogP contribution in [0.5, 0.6) is 0 Å². The van der Waals surface area contributed by atoms with E-state index in [1.807, 2.05) is 0 Å². The van der Waals surface area contributed by atoms with Crippen molar-refractivity contribution in [1.82, 2.24) is 16.0 Å². The van der Waals surface area contributed by atoms with Crippen LogP contribution >= 0.6 is 0 Å². The van der Waals surface area contributed by atoms with Crippen molar-refractivity contribution in [1.29, 1.82) is 0 Å². The molecule has 12 atom stereocenters. The SMILES string of the molecule is COCC(=O)NCCCCC(NC(=O)COCC(=O)OC(C(=O)O[C@H]1C[C@@]2(O)C(CC(=O)c3ccccc3)C3[C@]4(OC(C)=O)COC4C[C@H](OC)[C@@]3(C)C(=O)[C@H](OC)C(=C1C)C2(C)C)[C@@H](NC(=O)OC(C)(C)C)c1ccccc1)C(=O)C(C)C. The number of esters is 3. The monoisotopic (exact) mass is 1180 g/mol. The first-order valence-electron chi connectivity index (χ1n) is 28.5. The number of benzene rings is 2. The van der Waals surface area contributed by atoms with Gasteiger partial charge in [-0.05, 0) is 70.6 Å². The zero-order chi connectivity index (χ0) is 62.1. The Bertz CT molecular complexity index is 2760. The van der Waals surface area contributed by atoms with Crippen LogP contribution in [-0.4, -0.2) is 166 Å². The van der Waals surface area contributed by atoms with Gasteiger partial charge in [0.25, 0.3) is 0 Å². The third-order valence-corrected chi connectivity index (χ3v) is 17.0. The number of carbonyl (C=O) groups excluding carboxylic acids is 9. The molecular formula is C62H85N3O19. The maximum absolute atomic E-state index is 16.0. The van der Waals surface area contributed by atoms with Gasteiger partial charge in [-0.15, -0.1) is 0 Å². The number of carbonyl (C=O) groups is 9. The number of aliphatic hydroxyl groups is 1. The minimum Gasteiger partial charge on any atom is -0.455 e. The summed E-state index contributed by atoms with van der Waals surface area (Å²) in [6.07, 6.45) is -7.23. The van der Waals surface area contributed by atoms with Crippen LogP contribution < -0.4 is 16.0 Å². The number of fused-ring (bicyclic) bond motifs is 5. The highest BCUT2D eigenvalue weighted by Gasteiger charge is 2.77. The van der Waals surface area contributed by atoms with Crippen molar-refractivity contribution in [2.24, 2.45) is 28.6 Å². The summed E-state index contributed by atoms with van der Waals surface area (Å²) in [4.78, 5) is 126. The largest absolute Gasteiger partial charge is 0.455 e. The number of Topliss-reactive ketones (excluding diaryl/α,β-unsaturated/α-hetero) is 3. The van der Waals surface area contributed by atoms with Crippen molar-refractivity contribution < 1.29 is 90.9 Å². The molecule has 84 heavy (non-hydrogen) atoms. The molecule has 1 aliphatic heterocycles. The molecule has 22 nitrogen and oxygen atoms in total. The molecule has 3 fully saturated rings. The molecule has 0 radical (unpaired) electrons. The van der Waals surface area contributed by atoms with E-state index >= 15 is 9.59 Å². The Hall–Kier alpha value is -6.43. The van der Waals surface area contributed by atoms with E-state index < -0.39 is 156 Å². The number of amides is 3. The lowest BCUT2D eigenvalue weighted by molar-refractivity contribution is -0.341. The molecule has 2 aromatic rings. The van der Waals surface area contributed by atoms with Crippen LogP contribution in [0.15, 0.2) is 71.8 Å². The molecule has 0 spiro atoms. The molecule has 4 N–H and O–H groups in total. The molecule has 22 heteroatoms. The lowest BCUT2D eigenvalue weighted by atomic mass is 9.41. The van der Waals surface area contributed by atoms with E-state index in [1.165, 1.54) is 28.3 Å². The number of rotatable bonds is 26. The fraction of sp³-hybridized carbons (Fsp3) is 0.629. The first kappa shape index (κ1) is 66.7. The van der Waals surface area contributed by atoms with E-state index in [-0.39, 0.29) is 54.5 Å². The highest BCUT2D eigenvalue weighted by Crippen LogP contribution is 2.67. The number of hydrogen-bond acceptors (Lipinski definition) is 19. The second kappa shape index (κ2) is 27.7. The Morgan fingerprint density at radius 1 is 0.845 bits per heavy atom. The van der Waals surface area contributed by atoms with Crippen LogP contribution in [0.25, 0.3) is 0 Å². The highest BCUT2D eigenvalue weighted by molar-refractivity contribution is 5.97. The van der Waals surface area contributed by atoms with Crippen LogP contribution in [0.3, 0.4) is 0 Å². The minimum atomic E-state index is -2.15. The minimum absolute atomic E-state index is 0.0979. The summed E-state index contributed by atoms with van der Waals surface area (Å²) < 4.78 is 53.2. The smallest absolute Gasteiger partial charge is 0.408 e. The zero-order valence-corrected chi connectivity index (χ0v) is 50.6. The van der Waals surface area contributed by atoms with E-state index in [9.17, 15) is 38.7 Å². The van der Waals surface area contributed by atoms with Crippen LogP contribution in [0.4, 0.5) is 4.79 Å². The van der Waals surface area contributed by atoms with Crippen molar-refractivity contribution in [3.8, 4) is 0 Å². The maximum atomic E-state index is 16.0. The van der Waals surface area contributed by atoms with Gasteiger partial charge in [0, 0.05) is 82.8 Å². The van der Waals surface area contributed by atoms with Gasteiger partial charge in [-0.1, -0.05) is 88.4 Å². The summed E-state index contributed by atoms with van der Waals surface area (Å²) in [5.74, 6) is -8.24. The number of ketones is 3. The number of unbranched alkanes of at least 4 members (excludes halogenated alkanes) is 1. The van der Waals surface area contributed by atoms with E-state index in [0.29, 0.717) is 24.9 Å². The molecule has 462 valence electrons. The van der Waals surface area contributed by atoms with Gasteiger partial charge in [-0.25, -0.2) is 14.4 Å². The number of nitrogens with one attached hydrogen (secondary N) is 3. The summed E-state index contributed by atoms with van der Waals surface area (Å²) >= 11 is 0. The van der Waals surface area contributed by atoms with E-state index in [1.54, 1.807) is 123 Å². The van der Waals surface area contributed by atoms with Crippen molar-refractivity contribution in [2.45, 2.75) is 167 Å². The van der Waals surface area contributed by atoms with Crippen LogP contribution in [0.1, 0.15) is 130 Å². The fourth-order valence-corrected chi connectivity index (χ4v) is 13.0. The zero-order valence-electron chi connectivity index (χ0n) is 50.6. The third-order valence-electron chi connectivity index (χ3n) is 17.0. The van der Waals surface area contributed by atoms with Crippen LogP contribution in [0.2, 0.25) is 0 Å². The topological polar surface area (TPSA) is 293 Å². The van der Waals surface area contributed by atoms with E-state index in [0.717, 1.165) is 0 Å². The van der Waals surface area contributed by atoms with Crippen molar-refractivity contribution >= 4 is 53.2 Å². The van der Waals surface area contributed by atoms with Gasteiger partial charge in [0.05, 0.1) is 29.8 Å². The number of alkyl carbamates (subject to hydrolysis) is 1. The quantitative estimate of drug-likeness (QED) is 0.0300. The van der Waals surface area contributed by atoms with Gasteiger partial charge < -0.3 is 63.7 Å². The summed E-state index contributed by atoms with van der Waals surface area (Å²) in [6, 6.07) is 14.0. The summed E-state index contributed by atoms with van der Waals surface area (Å²) in [5.41, 5.74) is -6.82. The lowest BCUT2D eigenvalue weighted by Gasteiger charge is -2.68. The number of methoxy groups -OCH3 is 3. The van der Waals surface area contributed by atoms with E-state index in [4.69, 9.17) is 42.6 Å². The highest BCUT2D eigenvalue weighted by atomic mass is 16.6. The Labute approximate surface area is 491 Å². The molecule has 1 heterocycles. The van der Waals surface area contributed by atoms with Crippen molar-refractivity contribution in [3.05, 3.63) is 82.9 Å². The van der Waals surface area contributed by atoms with Crippen LogP contribution in [0, 0.1) is 28.6 Å². The molecule has 6 rings (SSSR count). The fourth-order valence-electron chi connectivity index (χ4n) is 13.0. The molecule has 3 aliphatic carbocycles. The summed E-state index contributed by atoms with van der Waals surface area (Å²) in [7, 11) is 4.18. The van der Waals surface area contributed by atoms with E-state index in [2.05, 4.69) is 16.0 Å².